The normalized spacial score (nSPS) is 51.3. The summed E-state index contributed by atoms with van der Waals surface area (Å²) < 4.78 is 5.48. The zero-order valence-corrected chi connectivity index (χ0v) is 16.6. The predicted octanol–water partition coefficient (Wildman–Crippen LogP) is 3.11. The molecule has 0 radical (unpaired) electrons. The smallest absolute Gasteiger partial charge is 0.302 e. The highest BCUT2D eigenvalue weighted by Gasteiger charge is 2.67. The van der Waals surface area contributed by atoms with Crippen LogP contribution in [0, 0.1) is 39.9 Å². The first-order valence-electron chi connectivity index (χ1n) is 10.3. The van der Waals surface area contributed by atoms with Gasteiger partial charge in [0.1, 0.15) is 12.2 Å². The summed E-state index contributed by atoms with van der Waals surface area (Å²) in [5.74, 6) is 0.848. The number of carbonyl (C=O) groups excluding carboxylic acids is 1. The van der Waals surface area contributed by atoms with Gasteiger partial charge in [0.25, 0.3) is 0 Å². The molecule has 4 aliphatic carbocycles. The number of nitriles is 1. The zero-order valence-electron chi connectivity index (χ0n) is 16.6. The van der Waals surface area contributed by atoms with Crippen LogP contribution >= 0.6 is 0 Å². The minimum atomic E-state index is -1.64. The van der Waals surface area contributed by atoms with E-state index < -0.39 is 17.1 Å². The number of hydrogen-bond donors (Lipinski definition) is 2. The van der Waals surface area contributed by atoms with Crippen molar-refractivity contribution in [1.82, 2.24) is 0 Å². The van der Waals surface area contributed by atoms with Crippen LogP contribution in [0.15, 0.2) is 11.6 Å². The standard InChI is InChI=1S/C22H31NO4/c1-13(24)27-15-6-8-20(2)14(10-15)4-5-16-17(20)7-9-21(3)18(16)11-19(25)22(21,26)12-23/h4,15-19,25-26H,5-11H2,1-3H3/t15-,16-,17-,18-,19-,20+,21+,22-/m1/s1. The molecule has 0 aromatic carbocycles. The van der Waals surface area contributed by atoms with Crippen LogP contribution in [0.2, 0.25) is 0 Å². The lowest BCUT2D eigenvalue weighted by atomic mass is 9.47. The maximum Gasteiger partial charge on any atom is 0.302 e. The van der Waals surface area contributed by atoms with Gasteiger partial charge in [-0.3, -0.25) is 4.79 Å². The Balaban J connectivity index is 1.63. The molecule has 5 heteroatoms. The van der Waals surface area contributed by atoms with Gasteiger partial charge in [0.15, 0.2) is 5.60 Å². The number of allylic oxidation sites excluding steroid dienone is 1. The van der Waals surface area contributed by atoms with Gasteiger partial charge in [-0.25, -0.2) is 0 Å². The molecule has 27 heavy (non-hydrogen) atoms. The van der Waals surface area contributed by atoms with Crippen molar-refractivity contribution in [2.24, 2.45) is 28.6 Å². The van der Waals surface area contributed by atoms with Crippen molar-refractivity contribution in [3.8, 4) is 6.07 Å². The number of rotatable bonds is 1. The molecule has 0 amide bonds. The highest BCUT2D eigenvalue weighted by molar-refractivity contribution is 5.66. The molecule has 3 saturated carbocycles. The fraction of sp³-hybridized carbons (Fsp3) is 0.818. The molecule has 4 rings (SSSR count). The molecule has 5 nitrogen and oxygen atoms in total. The third-order valence-corrected chi connectivity index (χ3v) is 8.78. The van der Waals surface area contributed by atoms with Crippen LogP contribution in [0.25, 0.3) is 0 Å². The zero-order chi connectivity index (χ0) is 19.6. The lowest BCUT2D eigenvalue weighted by molar-refractivity contribution is -0.149. The van der Waals surface area contributed by atoms with Gasteiger partial charge < -0.3 is 14.9 Å². The first kappa shape index (κ1) is 19.0. The highest BCUT2D eigenvalue weighted by Crippen LogP contribution is 2.67. The van der Waals surface area contributed by atoms with Gasteiger partial charge in [-0.1, -0.05) is 25.5 Å². The number of aliphatic hydroxyl groups is 2. The largest absolute Gasteiger partial charge is 0.462 e. The molecule has 4 aliphatic rings. The molecule has 0 aromatic rings. The van der Waals surface area contributed by atoms with Crippen LogP contribution in [-0.4, -0.2) is 34.0 Å². The van der Waals surface area contributed by atoms with E-state index in [9.17, 15) is 20.3 Å². The second-order valence-electron chi connectivity index (χ2n) is 9.82. The van der Waals surface area contributed by atoms with Crippen LogP contribution in [-0.2, 0) is 9.53 Å². The Hall–Kier alpha value is -1.38. The third-order valence-electron chi connectivity index (χ3n) is 8.78. The van der Waals surface area contributed by atoms with E-state index in [0.717, 1.165) is 38.5 Å². The summed E-state index contributed by atoms with van der Waals surface area (Å²) in [6.07, 6.45) is 7.27. The van der Waals surface area contributed by atoms with Gasteiger partial charge in [0.2, 0.25) is 0 Å². The van der Waals surface area contributed by atoms with E-state index in [2.05, 4.69) is 19.1 Å². The molecule has 0 unspecified atom stereocenters. The topological polar surface area (TPSA) is 90.6 Å². The van der Waals surface area contributed by atoms with Gasteiger partial charge in [-0.2, -0.15) is 5.26 Å². The number of aliphatic hydroxyl groups excluding tert-OH is 1. The molecule has 0 saturated heterocycles. The number of fused-ring (bicyclic) bond motifs is 5. The van der Waals surface area contributed by atoms with Crippen LogP contribution in [0.5, 0.6) is 0 Å². The molecule has 0 bridgehead atoms. The van der Waals surface area contributed by atoms with Gasteiger partial charge in [-0.05, 0) is 61.7 Å². The number of nitrogens with zero attached hydrogens (tertiary/aromatic N) is 1. The van der Waals surface area contributed by atoms with E-state index in [0.29, 0.717) is 18.3 Å². The Kier molecular flexibility index (Phi) is 4.25. The van der Waals surface area contributed by atoms with Crippen molar-refractivity contribution in [2.75, 3.05) is 0 Å². The van der Waals surface area contributed by atoms with Crippen molar-refractivity contribution >= 4 is 5.97 Å². The van der Waals surface area contributed by atoms with E-state index >= 15 is 0 Å². The van der Waals surface area contributed by atoms with E-state index in [4.69, 9.17) is 4.74 Å². The van der Waals surface area contributed by atoms with Crippen LogP contribution in [0.4, 0.5) is 0 Å². The number of hydrogen-bond acceptors (Lipinski definition) is 5. The van der Waals surface area contributed by atoms with Crippen LogP contribution in [0.1, 0.15) is 65.7 Å². The Morgan fingerprint density at radius 1 is 1.30 bits per heavy atom. The van der Waals surface area contributed by atoms with Crippen LogP contribution < -0.4 is 0 Å². The summed E-state index contributed by atoms with van der Waals surface area (Å²) in [5.41, 5.74) is -0.669. The van der Waals surface area contributed by atoms with Crippen molar-refractivity contribution in [3.63, 3.8) is 0 Å². The minimum Gasteiger partial charge on any atom is -0.462 e. The highest BCUT2D eigenvalue weighted by atomic mass is 16.5. The van der Waals surface area contributed by atoms with E-state index in [1.54, 1.807) is 0 Å². The average molecular weight is 373 g/mol. The number of ether oxygens (including phenoxy) is 1. The van der Waals surface area contributed by atoms with Gasteiger partial charge in [0.05, 0.1) is 6.10 Å². The van der Waals surface area contributed by atoms with Gasteiger partial charge in [-0.15, -0.1) is 0 Å². The minimum absolute atomic E-state index is 0.00999. The fourth-order valence-electron chi connectivity index (χ4n) is 7.18. The van der Waals surface area contributed by atoms with Crippen molar-refractivity contribution < 1.29 is 19.7 Å². The summed E-state index contributed by atoms with van der Waals surface area (Å²) in [4.78, 5) is 11.3. The molecular weight excluding hydrogens is 342 g/mol. The Bertz CT molecular complexity index is 726. The second kappa shape index (κ2) is 6.06. The first-order valence-corrected chi connectivity index (χ1v) is 10.3. The van der Waals surface area contributed by atoms with Crippen molar-refractivity contribution in [3.05, 3.63) is 11.6 Å². The molecule has 0 spiro atoms. The Labute approximate surface area is 161 Å². The summed E-state index contributed by atoms with van der Waals surface area (Å²) in [6, 6.07) is 2.06. The van der Waals surface area contributed by atoms with Gasteiger partial charge in [0, 0.05) is 18.8 Å². The monoisotopic (exact) mass is 373 g/mol. The SMILES string of the molecule is CC(=O)O[C@@H]1CC[C@@]2(C)C(=CC[C@@H]3[C@H]2CC[C@@]2(C)[C@@H]3C[C@@H](O)[C@]2(O)C#N)C1. The molecule has 2 N–H and O–H groups in total. The fourth-order valence-corrected chi connectivity index (χ4v) is 7.18. The molecule has 8 atom stereocenters. The molecule has 148 valence electrons. The van der Waals surface area contributed by atoms with Gasteiger partial charge >= 0.3 is 5.97 Å². The molecule has 3 fully saturated rings. The first-order chi connectivity index (χ1) is 12.7. The van der Waals surface area contributed by atoms with E-state index in [-0.39, 0.29) is 23.4 Å². The Morgan fingerprint density at radius 3 is 2.70 bits per heavy atom. The lowest BCUT2D eigenvalue weighted by Crippen LogP contribution is -2.56. The predicted molar refractivity (Wildman–Crippen MR) is 99.2 cm³/mol. The summed E-state index contributed by atoms with van der Waals surface area (Å²) in [7, 11) is 0. The van der Waals surface area contributed by atoms with E-state index in [1.165, 1.54) is 12.5 Å². The summed E-state index contributed by atoms with van der Waals surface area (Å²) in [6.45, 7) is 5.83. The number of carbonyl (C=O) groups is 1. The van der Waals surface area contributed by atoms with Crippen LogP contribution in [0.3, 0.4) is 0 Å². The molecule has 0 aliphatic heterocycles. The Morgan fingerprint density at radius 2 is 2.04 bits per heavy atom. The summed E-state index contributed by atoms with van der Waals surface area (Å²) >= 11 is 0. The molecule has 0 heterocycles. The van der Waals surface area contributed by atoms with Crippen molar-refractivity contribution in [1.29, 1.82) is 5.26 Å². The van der Waals surface area contributed by atoms with E-state index in [1.807, 2.05) is 6.92 Å². The third kappa shape index (κ3) is 2.46. The maximum atomic E-state index is 11.3. The summed E-state index contributed by atoms with van der Waals surface area (Å²) in [5, 5.41) is 31.1. The molecule has 0 aromatic heterocycles. The second-order valence-corrected chi connectivity index (χ2v) is 9.82. The molecular formula is C22H31NO4. The average Bonchev–Trinajstić information content (AvgIpc) is 2.82. The number of esters is 1. The van der Waals surface area contributed by atoms with Crippen molar-refractivity contribution in [2.45, 2.75) is 83.5 Å². The lowest BCUT2D eigenvalue weighted by Gasteiger charge is -2.58. The quantitative estimate of drug-likeness (QED) is 0.419. The maximum absolute atomic E-state index is 11.3.